The van der Waals surface area contributed by atoms with Gasteiger partial charge in [0.15, 0.2) is 5.96 Å². The quantitative estimate of drug-likeness (QED) is 0.514. The van der Waals surface area contributed by atoms with Gasteiger partial charge in [0.1, 0.15) is 5.82 Å². The number of nitrogens with one attached hydrogen (secondary N) is 2. The van der Waals surface area contributed by atoms with E-state index < -0.39 is 0 Å². The van der Waals surface area contributed by atoms with E-state index in [0.717, 1.165) is 95.5 Å². The number of aromatic nitrogens is 1. The largest absolute Gasteiger partial charge is 0.356 e. The monoisotopic (exact) mass is 441 g/mol. The van der Waals surface area contributed by atoms with Crippen molar-refractivity contribution in [2.24, 2.45) is 10.9 Å². The first-order chi connectivity index (χ1) is 15.6. The third-order valence-electron chi connectivity index (χ3n) is 7.12. The van der Waals surface area contributed by atoms with Crippen LogP contribution in [-0.2, 0) is 4.79 Å². The number of carbonyl (C=O) groups excluding carboxylic acids is 1. The smallest absolute Gasteiger partial charge is 0.225 e. The second-order valence-electron chi connectivity index (χ2n) is 9.34. The fraction of sp³-hybridized carbons (Fsp3) is 0.708. The Morgan fingerprint density at radius 2 is 1.84 bits per heavy atom. The predicted octanol–water partition coefficient (Wildman–Crippen LogP) is 1.47. The van der Waals surface area contributed by atoms with Crippen LogP contribution in [0.1, 0.15) is 37.8 Å². The first-order valence-electron chi connectivity index (χ1n) is 12.3. The Morgan fingerprint density at radius 1 is 1.09 bits per heavy atom. The van der Waals surface area contributed by atoms with Crippen LogP contribution in [0.15, 0.2) is 23.2 Å². The summed E-state index contributed by atoms with van der Waals surface area (Å²) in [5.74, 6) is 2.68. The van der Waals surface area contributed by atoms with E-state index in [-0.39, 0.29) is 0 Å². The number of piperidine rings is 1. The van der Waals surface area contributed by atoms with E-state index in [1.54, 1.807) is 0 Å². The lowest BCUT2D eigenvalue weighted by molar-refractivity contribution is -0.139. The zero-order valence-corrected chi connectivity index (χ0v) is 19.7. The molecule has 0 unspecified atom stereocenters. The van der Waals surface area contributed by atoms with Crippen LogP contribution in [0.3, 0.4) is 0 Å². The molecule has 0 atom stereocenters. The minimum Gasteiger partial charge on any atom is -0.356 e. The fourth-order valence-electron chi connectivity index (χ4n) is 4.78. The van der Waals surface area contributed by atoms with Crippen LogP contribution in [0.4, 0.5) is 5.82 Å². The summed E-state index contributed by atoms with van der Waals surface area (Å²) in [5, 5.41) is 7.07. The van der Waals surface area contributed by atoms with E-state index in [4.69, 9.17) is 0 Å². The summed E-state index contributed by atoms with van der Waals surface area (Å²) in [5.41, 5.74) is 1.07. The Kier molecular flexibility index (Phi) is 7.84. The van der Waals surface area contributed by atoms with Crippen molar-refractivity contribution < 1.29 is 4.79 Å². The standard InChI is InChI=1S/C24H39N7O/c1-19-5-3-8-22(27-19)30-12-9-21(10-13-30)28-24(25-2)26-11-14-29-15-17-31(18-16-29)23(32)20-6-4-7-20/h3,5,8,20-21H,4,6-7,9-18H2,1-2H3,(H2,25,26,28). The summed E-state index contributed by atoms with van der Waals surface area (Å²) in [6.45, 7) is 9.58. The molecule has 2 N–H and O–H groups in total. The summed E-state index contributed by atoms with van der Waals surface area (Å²) < 4.78 is 0. The van der Waals surface area contributed by atoms with Crippen LogP contribution in [0.25, 0.3) is 0 Å². The second kappa shape index (κ2) is 11.0. The SMILES string of the molecule is CN=C(NCCN1CCN(C(=O)C2CCC2)CC1)NC1CCN(c2cccc(C)n2)CC1. The van der Waals surface area contributed by atoms with Crippen molar-refractivity contribution in [2.45, 2.75) is 45.1 Å². The maximum atomic E-state index is 12.4. The molecule has 1 amide bonds. The van der Waals surface area contributed by atoms with Crippen molar-refractivity contribution in [3.05, 3.63) is 23.9 Å². The number of nitrogens with zero attached hydrogens (tertiary/aromatic N) is 5. The number of aryl methyl sites for hydroxylation is 1. The van der Waals surface area contributed by atoms with Crippen molar-refractivity contribution in [1.82, 2.24) is 25.4 Å². The molecule has 1 saturated carbocycles. The van der Waals surface area contributed by atoms with Gasteiger partial charge in [-0.25, -0.2) is 4.98 Å². The average molecular weight is 442 g/mol. The molecule has 0 spiro atoms. The number of pyridine rings is 1. The highest BCUT2D eigenvalue weighted by molar-refractivity contribution is 5.80. The van der Waals surface area contributed by atoms with Crippen molar-refractivity contribution in [3.63, 3.8) is 0 Å². The number of amides is 1. The maximum absolute atomic E-state index is 12.4. The highest BCUT2D eigenvalue weighted by Crippen LogP contribution is 2.28. The highest BCUT2D eigenvalue weighted by atomic mass is 16.2. The molecule has 8 nitrogen and oxygen atoms in total. The minimum absolute atomic E-state index is 0.317. The number of guanidine groups is 1. The molecular formula is C24H39N7O. The average Bonchev–Trinajstić information content (AvgIpc) is 2.78. The van der Waals surface area contributed by atoms with Crippen molar-refractivity contribution in [2.75, 3.05) is 64.3 Å². The number of hydrogen-bond donors (Lipinski definition) is 2. The Bertz CT molecular complexity index is 778. The Hall–Kier alpha value is -2.35. The number of piperazine rings is 1. The normalized spacial score (nSPS) is 21.4. The van der Waals surface area contributed by atoms with Gasteiger partial charge in [-0.1, -0.05) is 12.5 Å². The van der Waals surface area contributed by atoms with Crippen LogP contribution in [0.2, 0.25) is 0 Å². The molecular weight excluding hydrogens is 402 g/mol. The van der Waals surface area contributed by atoms with Crippen LogP contribution in [0, 0.1) is 12.8 Å². The summed E-state index contributed by atoms with van der Waals surface area (Å²) in [6, 6.07) is 6.66. The first-order valence-corrected chi connectivity index (χ1v) is 12.3. The van der Waals surface area contributed by atoms with Crippen LogP contribution in [-0.4, -0.2) is 92.1 Å². The zero-order valence-electron chi connectivity index (χ0n) is 19.7. The molecule has 3 heterocycles. The van der Waals surface area contributed by atoms with Gasteiger partial charge in [-0.15, -0.1) is 0 Å². The second-order valence-corrected chi connectivity index (χ2v) is 9.34. The lowest BCUT2D eigenvalue weighted by Gasteiger charge is -2.38. The molecule has 2 aliphatic heterocycles. The molecule has 0 radical (unpaired) electrons. The molecule has 176 valence electrons. The Labute approximate surface area is 192 Å². The summed E-state index contributed by atoms with van der Waals surface area (Å²) >= 11 is 0. The molecule has 1 aromatic rings. The molecule has 3 aliphatic rings. The third-order valence-corrected chi connectivity index (χ3v) is 7.12. The number of carbonyl (C=O) groups is 1. The number of hydrogen-bond acceptors (Lipinski definition) is 5. The Morgan fingerprint density at radius 3 is 2.47 bits per heavy atom. The number of anilines is 1. The van der Waals surface area contributed by atoms with Gasteiger partial charge in [0, 0.05) is 77.1 Å². The molecule has 1 aromatic heterocycles. The predicted molar refractivity (Wildman–Crippen MR) is 129 cm³/mol. The third kappa shape index (κ3) is 5.91. The lowest BCUT2D eigenvalue weighted by Crippen LogP contribution is -2.53. The number of aliphatic imine (C=N–C) groups is 1. The van der Waals surface area contributed by atoms with E-state index in [0.29, 0.717) is 17.9 Å². The van der Waals surface area contributed by atoms with Gasteiger partial charge >= 0.3 is 0 Å². The summed E-state index contributed by atoms with van der Waals surface area (Å²) in [7, 11) is 1.84. The van der Waals surface area contributed by atoms with Crippen molar-refractivity contribution in [1.29, 1.82) is 0 Å². The van der Waals surface area contributed by atoms with Crippen molar-refractivity contribution >= 4 is 17.7 Å². The Balaban J connectivity index is 1.12. The van der Waals surface area contributed by atoms with E-state index in [1.807, 2.05) is 20.0 Å². The zero-order chi connectivity index (χ0) is 22.3. The molecule has 8 heteroatoms. The molecule has 3 fully saturated rings. The van der Waals surface area contributed by atoms with Crippen LogP contribution in [0.5, 0.6) is 0 Å². The van der Waals surface area contributed by atoms with E-state index in [9.17, 15) is 4.79 Å². The molecule has 4 rings (SSSR count). The van der Waals surface area contributed by atoms with Crippen LogP contribution >= 0.6 is 0 Å². The van der Waals surface area contributed by atoms with Gasteiger partial charge in [0.25, 0.3) is 0 Å². The molecule has 32 heavy (non-hydrogen) atoms. The van der Waals surface area contributed by atoms with Gasteiger partial charge < -0.3 is 20.4 Å². The molecule has 0 aromatic carbocycles. The van der Waals surface area contributed by atoms with E-state index >= 15 is 0 Å². The number of rotatable bonds is 6. The van der Waals surface area contributed by atoms with Gasteiger partial charge in [-0.05, 0) is 44.7 Å². The topological polar surface area (TPSA) is 76.1 Å². The summed E-state index contributed by atoms with van der Waals surface area (Å²) in [6.07, 6.45) is 5.56. The molecule has 1 aliphatic carbocycles. The minimum atomic E-state index is 0.317. The molecule has 0 bridgehead atoms. The van der Waals surface area contributed by atoms with Crippen molar-refractivity contribution in [3.8, 4) is 0 Å². The first kappa shape index (κ1) is 22.8. The van der Waals surface area contributed by atoms with Gasteiger partial charge in [0.05, 0.1) is 0 Å². The lowest BCUT2D eigenvalue weighted by atomic mass is 9.84. The maximum Gasteiger partial charge on any atom is 0.225 e. The van der Waals surface area contributed by atoms with Gasteiger partial charge in [-0.3, -0.25) is 14.7 Å². The highest BCUT2D eigenvalue weighted by Gasteiger charge is 2.31. The van der Waals surface area contributed by atoms with E-state index in [1.165, 1.54) is 6.42 Å². The molecule has 2 saturated heterocycles. The summed E-state index contributed by atoms with van der Waals surface area (Å²) in [4.78, 5) is 28.4. The van der Waals surface area contributed by atoms with Gasteiger partial charge in [-0.2, -0.15) is 0 Å². The van der Waals surface area contributed by atoms with Gasteiger partial charge in [0.2, 0.25) is 5.91 Å². The van der Waals surface area contributed by atoms with Crippen LogP contribution < -0.4 is 15.5 Å². The van der Waals surface area contributed by atoms with E-state index in [2.05, 4.69) is 47.4 Å². The fourth-order valence-corrected chi connectivity index (χ4v) is 4.78.